The van der Waals surface area contributed by atoms with Gasteiger partial charge in [0.05, 0.1) is 17.8 Å². The first-order valence-electron chi connectivity index (χ1n) is 8.32. The molecular formula is C20H16BrClN2O4S. The number of anilines is 2. The van der Waals surface area contributed by atoms with Gasteiger partial charge in [0.15, 0.2) is 0 Å². The lowest BCUT2D eigenvalue weighted by molar-refractivity contribution is 0.102. The third-order valence-corrected chi connectivity index (χ3v) is 6.18. The zero-order valence-corrected chi connectivity index (χ0v) is 18.3. The Kier molecular flexibility index (Phi) is 6.46. The summed E-state index contributed by atoms with van der Waals surface area (Å²) in [5.41, 5.74) is 0.974. The summed E-state index contributed by atoms with van der Waals surface area (Å²) in [6, 6.07) is 17.6. The Morgan fingerprint density at radius 1 is 1.03 bits per heavy atom. The number of sulfonamides is 1. The highest BCUT2D eigenvalue weighted by Gasteiger charge is 2.22. The summed E-state index contributed by atoms with van der Waals surface area (Å²) < 4.78 is 34.3. The van der Waals surface area contributed by atoms with Gasteiger partial charge in [0.2, 0.25) is 0 Å². The monoisotopic (exact) mass is 494 g/mol. The topological polar surface area (TPSA) is 84.5 Å². The van der Waals surface area contributed by atoms with E-state index in [-0.39, 0.29) is 27.3 Å². The molecule has 2 N–H and O–H groups in total. The summed E-state index contributed by atoms with van der Waals surface area (Å²) in [6.07, 6.45) is 0. The Balaban J connectivity index is 1.91. The van der Waals surface area contributed by atoms with Crippen LogP contribution >= 0.6 is 27.5 Å². The smallest absolute Gasteiger partial charge is 0.265 e. The van der Waals surface area contributed by atoms with Crippen molar-refractivity contribution in [1.82, 2.24) is 0 Å². The second-order valence-corrected chi connectivity index (χ2v) is 8.89. The predicted molar refractivity (Wildman–Crippen MR) is 117 cm³/mol. The van der Waals surface area contributed by atoms with E-state index in [1.807, 2.05) is 0 Å². The lowest BCUT2D eigenvalue weighted by Crippen LogP contribution is -2.16. The molecule has 3 aromatic rings. The van der Waals surface area contributed by atoms with Gasteiger partial charge in [-0.25, -0.2) is 8.42 Å². The van der Waals surface area contributed by atoms with E-state index in [4.69, 9.17) is 16.3 Å². The molecule has 1 amide bonds. The number of ether oxygens (including phenoxy) is 1. The van der Waals surface area contributed by atoms with Crippen LogP contribution in [0.15, 0.2) is 76.1 Å². The molecule has 0 fully saturated rings. The van der Waals surface area contributed by atoms with Crippen LogP contribution in [0.1, 0.15) is 10.4 Å². The minimum atomic E-state index is -4.02. The Labute approximate surface area is 182 Å². The van der Waals surface area contributed by atoms with Crippen molar-refractivity contribution in [3.8, 4) is 5.75 Å². The summed E-state index contributed by atoms with van der Waals surface area (Å²) in [7, 11) is -2.66. The minimum Gasteiger partial charge on any atom is -0.495 e. The molecule has 150 valence electrons. The molecule has 0 aliphatic rings. The highest BCUT2D eigenvalue weighted by molar-refractivity contribution is 9.10. The Morgan fingerprint density at radius 3 is 2.38 bits per heavy atom. The van der Waals surface area contributed by atoms with Crippen molar-refractivity contribution in [2.45, 2.75) is 4.90 Å². The number of rotatable bonds is 6. The minimum absolute atomic E-state index is 0.131. The van der Waals surface area contributed by atoms with Crippen LogP contribution in [0.5, 0.6) is 5.75 Å². The third kappa shape index (κ3) is 5.09. The fourth-order valence-corrected chi connectivity index (χ4v) is 4.29. The first-order valence-corrected chi connectivity index (χ1v) is 11.0. The van der Waals surface area contributed by atoms with Crippen molar-refractivity contribution in [2.24, 2.45) is 0 Å². The van der Waals surface area contributed by atoms with Gasteiger partial charge in [0, 0.05) is 15.7 Å². The van der Waals surface area contributed by atoms with Crippen LogP contribution in [0.25, 0.3) is 0 Å². The number of carbonyl (C=O) groups is 1. The van der Waals surface area contributed by atoms with Gasteiger partial charge in [0.1, 0.15) is 10.6 Å². The van der Waals surface area contributed by atoms with Gasteiger partial charge < -0.3 is 10.1 Å². The summed E-state index contributed by atoms with van der Waals surface area (Å²) in [6.45, 7) is 0. The van der Waals surface area contributed by atoms with Crippen molar-refractivity contribution >= 4 is 54.8 Å². The zero-order valence-electron chi connectivity index (χ0n) is 15.1. The Hall–Kier alpha value is -2.55. The van der Waals surface area contributed by atoms with Gasteiger partial charge in [0.25, 0.3) is 15.9 Å². The van der Waals surface area contributed by atoms with Crippen molar-refractivity contribution in [3.63, 3.8) is 0 Å². The molecule has 0 saturated heterocycles. The zero-order chi connectivity index (χ0) is 21.0. The van der Waals surface area contributed by atoms with E-state index in [9.17, 15) is 13.2 Å². The highest BCUT2D eigenvalue weighted by Crippen LogP contribution is 2.31. The number of hydrogen-bond donors (Lipinski definition) is 2. The van der Waals surface area contributed by atoms with Crippen LogP contribution in [0.2, 0.25) is 5.02 Å². The van der Waals surface area contributed by atoms with E-state index in [0.717, 1.165) is 4.47 Å². The molecule has 0 radical (unpaired) electrons. The maximum Gasteiger partial charge on any atom is 0.265 e. The average molecular weight is 496 g/mol. The summed E-state index contributed by atoms with van der Waals surface area (Å²) >= 11 is 9.36. The van der Waals surface area contributed by atoms with E-state index >= 15 is 0 Å². The molecule has 0 atom stereocenters. The fourth-order valence-electron chi connectivity index (χ4n) is 2.51. The van der Waals surface area contributed by atoms with E-state index in [1.54, 1.807) is 54.6 Å². The summed E-state index contributed by atoms with van der Waals surface area (Å²) in [5.74, 6) is -0.240. The van der Waals surface area contributed by atoms with E-state index < -0.39 is 10.0 Å². The van der Waals surface area contributed by atoms with Crippen LogP contribution in [-0.2, 0) is 10.0 Å². The van der Waals surface area contributed by atoms with Crippen molar-refractivity contribution < 1.29 is 17.9 Å². The maximum absolute atomic E-state index is 12.9. The van der Waals surface area contributed by atoms with Crippen LogP contribution in [-0.4, -0.2) is 21.4 Å². The van der Waals surface area contributed by atoms with Gasteiger partial charge in [-0.15, -0.1) is 0 Å². The molecule has 0 aliphatic heterocycles. The van der Waals surface area contributed by atoms with Crippen LogP contribution in [0.4, 0.5) is 11.4 Å². The predicted octanol–water partition coefficient (Wildman–Crippen LogP) is 5.16. The number of nitrogens with one attached hydrogen (secondary N) is 2. The molecule has 29 heavy (non-hydrogen) atoms. The van der Waals surface area contributed by atoms with E-state index in [2.05, 4.69) is 26.0 Å². The molecule has 3 aromatic carbocycles. The molecule has 0 heterocycles. The standard InChI is InChI=1S/C20H16BrClN2O4S/c1-28-18-11-10-15(23-20(25)13-6-8-14(21)9-7-13)12-19(18)29(26,27)24-17-5-3-2-4-16(17)22/h2-12,24H,1H3,(H,23,25). The van der Waals surface area contributed by atoms with Gasteiger partial charge in [-0.2, -0.15) is 0 Å². The number of halogens is 2. The van der Waals surface area contributed by atoms with E-state index in [1.165, 1.54) is 19.2 Å². The summed E-state index contributed by atoms with van der Waals surface area (Å²) in [4.78, 5) is 12.3. The molecule has 0 saturated carbocycles. The third-order valence-electron chi connectivity index (χ3n) is 3.94. The molecule has 9 heteroatoms. The van der Waals surface area contributed by atoms with E-state index in [0.29, 0.717) is 11.3 Å². The van der Waals surface area contributed by atoms with Crippen molar-refractivity contribution in [3.05, 3.63) is 81.8 Å². The normalized spacial score (nSPS) is 11.0. The lowest BCUT2D eigenvalue weighted by Gasteiger charge is -2.14. The first kappa shape index (κ1) is 21.2. The lowest BCUT2D eigenvalue weighted by atomic mass is 10.2. The first-order chi connectivity index (χ1) is 13.8. The van der Waals surface area contributed by atoms with Crippen LogP contribution < -0.4 is 14.8 Å². The van der Waals surface area contributed by atoms with Gasteiger partial charge in [-0.1, -0.05) is 39.7 Å². The van der Waals surface area contributed by atoms with Gasteiger partial charge in [-0.3, -0.25) is 9.52 Å². The average Bonchev–Trinajstić information content (AvgIpc) is 2.70. The van der Waals surface area contributed by atoms with Gasteiger partial charge in [-0.05, 0) is 54.6 Å². The highest BCUT2D eigenvalue weighted by atomic mass is 79.9. The molecular weight excluding hydrogens is 480 g/mol. The second kappa shape index (κ2) is 8.86. The molecule has 0 unspecified atom stereocenters. The number of methoxy groups -OCH3 is 1. The molecule has 3 rings (SSSR count). The molecule has 0 aliphatic carbocycles. The summed E-state index contributed by atoms with van der Waals surface area (Å²) in [5, 5.41) is 2.95. The fraction of sp³-hybridized carbons (Fsp3) is 0.0500. The molecule has 0 spiro atoms. The Bertz CT molecular complexity index is 1150. The second-order valence-electron chi connectivity index (χ2n) is 5.91. The van der Waals surface area contributed by atoms with Gasteiger partial charge >= 0.3 is 0 Å². The number of hydrogen-bond acceptors (Lipinski definition) is 4. The molecule has 6 nitrogen and oxygen atoms in total. The van der Waals surface area contributed by atoms with Crippen LogP contribution in [0, 0.1) is 0 Å². The Morgan fingerprint density at radius 2 is 1.72 bits per heavy atom. The number of para-hydroxylation sites is 1. The maximum atomic E-state index is 12.9. The number of amides is 1. The molecule has 0 bridgehead atoms. The molecule has 0 aromatic heterocycles. The quantitative estimate of drug-likeness (QED) is 0.494. The number of benzene rings is 3. The largest absolute Gasteiger partial charge is 0.495 e. The van der Waals surface area contributed by atoms with Crippen molar-refractivity contribution in [1.29, 1.82) is 0 Å². The van der Waals surface area contributed by atoms with Crippen LogP contribution in [0.3, 0.4) is 0 Å². The SMILES string of the molecule is COc1ccc(NC(=O)c2ccc(Br)cc2)cc1S(=O)(=O)Nc1ccccc1Cl. The van der Waals surface area contributed by atoms with Crippen molar-refractivity contribution in [2.75, 3.05) is 17.1 Å². The number of carbonyl (C=O) groups excluding carboxylic acids is 1.